The van der Waals surface area contributed by atoms with Gasteiger partial charge in [-0.3, -0.25) is 9.59 Å². The van der Waals surface area contributed by atoms with Gasteiger partial charge in [-0.15, -0.1) is 0 Å². The lowest BCUT2D eigenvalue weighted by Gasteiger charge is -2.20. The number of carbonyl (C=O) groups excluding carboxylic acids is 2. The molecule has 17 heavy (non-hydrogen) atoms. The first-order valence-corrected chi connectivity index (χ1v) is 6.11. The SMILES string of the molecule is CCC(CC(C)C(=O)NCO)C(=O)NC(C)C. The molecule has 0 rings (SSSR count). The minimum atomic E-state index is -0.363. The van der Waals surface area contributed by atoms with Crippen LogP contribution in [0.5, 0.6) is 0 Å². The van der Waals surface area contributed by atoms with E-state index in [1.165, 1.54) is 0 Å². The van der Waals surface area contributed by atoms with Crippen molar-refractivity contribution in [2.24, 2.45) is 11.8 Å². The fraction of sp³-hybridized carbons (Fsp3) is 0.833. The highest BCUT2D eigenvalue weighted by Gasteiger charge is 2.23. The van der Waals surface area contributed by atoms with Crippen molar-refractivity contribution in [2.45, 2.75) is 46.6 Å². The highest BCUT2D eigenvalue weighted by Crippen LogP contribution is 2.16. The van der Waals surface area contributed by atoms with E-state index >= 15 is 0 Å². The summed E-state index contributed by atoms with van der Waals surface area (Å²) in [6.45, 7) is 7.15. The third-order valence-electron chi connectivity index (χ3n) is 2.63. The van der Waals surface area contributed by atoms with E-state index in [0.29, 0.717) is 12.8 Å². The third kappa shape index (κ3) is 6.26. The molecule has 5 heteroatoms. The van der Waals surface area contributed by atoms with E-state index in [1.54, 1.807) is 6.92 Å². The average molecular weight is 244 g/mol. The lowest BCUT2D eigenvalue weighted by molar-refractivity contribution is -0.128. The van der Waals surface area contributed by atoms with Crippen molar-refractivity contribution in [3.05, 3.63) is 0 Å². The van der Waals surface area contributed by atoms with Crippen LogP contribution in [0.25, 0.3) is 0 Å². The molecule has 0 bridgehead atoms. The van der Waals surface area contributed by atoms with Gasteiger partial charge in [0.25, 0.3) is 0 Å². The van der Waals surface area contributed by atoms with Gasteiger partial charge < -0.3 is 15.7 Å². The van der Waals surface area contributed by atoms with Crippen LogP contribution in [0.1, 0.15) is 40.5 Å². The minimum Gasteiger partial charge on any atom is -0.377 e. The van der Waals surface area contributed by atoms with Gasteiger partial charge in [-0.05, 0) is 26.7 Å². The van der Waals surface area contributed by atoms with Gasteiger partial charge in [0.2, 0.25) is 11.8 Å². The second kappa shape index (κ2) is 8.06. The molecule has 0 aromatic heterocycles. The maximum Gasteiger partial charge on any atom is 0.224 e. The van der Waals surface area contributed by atoms with Gasteiger partial charge in [-0.1, -0.05) is 13.8 Å². The van der Waals surface area contributed by atoms with Gasteiger partial charge in [0, 0.05) is 17.9 Å². The van der Waals surface area contributed by atoms with Crippen LogP contribution >= 0.6 is 0 Å². The van der Waals surface area contributed by atoms with E-state index in [4.69, 9.17) is 5.11 Å². The molecule has 0 aliphatic rings. The van der Waals surface area contributed by atoms with Crippen molar-refractivity contribution in [3.8, 4) is 0 Å². The van der Waals surface area contributed by atoms with E-state index in [9.17, 15) is 9.59 Å². The number of aliphatic hydroxyl groups is 1. The zero-order valence-corrected chi connectivity index (χ0v) is 11.1. The number of aliphatic hydroxyl groups excluding tert-OH is 1. The molecule has 0 aromatic rings. The number of hydrogen-bond donors (Lipinski definition) is 3. The fourth-order valence-corrected chi connectivity index (χ4v) is 1.65. The van der Waals surface area contributed by atoms with Crippen molar-refractivity contribution >= 4 is 11.8 Å². The van der Waals surface area contributed by atoms with E-state index < -0.39 is 0 Å². The van der Waals surface area contributed by atoms with Crippen LogP contribution in [0.4, 0.5) is 0 Å². The summed E-state index contributed by atoms with van der Waals surface area (Å²) in [4.78, 5) is 23.2. The molecule has 3 N–H and O–H groups in total. The quantitative estimate of drug-likeness (QED) is 0.575. The van der Waals surface area contributed by atoms with Gasteiger partial charge in [-0.25, -0.2) is 0 Å². The maximum atomic E-state index is 11.8. The highest BCUT2D eigenvalue weighted by molar-refractivity contribution is 5.81. The summed E-state index contributed by atoms with van der Waals surface area (Å²) in [7, 11) is 0. The van der Waals surface area contributed by atoms with Crippen molar-refractivity contribution < 1.29 is 14.7 Å². The first kappa shape index (κ1) is 15.9. The van der Waals surface area contributed by atoms with E-state index in [2.05, 4.69) is 10.6 Å². The Morgan fingerprint density at radius 1 is 1.18 bits per heavy atom. The standard InChI is InChI=1S/C12H24N2O3/c1-5-10(12(17)14-8(2)3)6-9(4)11(16)13-7-15/h8-10,15H,5-7H2,1-4H3,(H,13,16)(H,14,17). The number of rotatable bonds is 7. The Balaban J connectivity index is 4.29. The molecule has 0 saturated heterocycles. The van der Waals surface area contributed by atoms with Crippen molar-refractivity contribution in [1.82, 2.24) is 10.6 Å². The predicted molar refractivity (Wildman–Crippen MR) is 66.1 cm³/mol. The van der Waals surface area contributed by atoms with Gasteiger partial charge >= 0.3 is 0 Å². The van der Waals surface area contributed by atoms with E-state index in [1.807, 2.05) is 20.8 Å². The van der Waals surface area contributed by atoms with Crippen molar-refractivity contribution in [2.75, 3.05) is 6.73 Å². The van der Waals surface area contributed by atoms with Crippen LogP contribution in [0.3, 0.4) is 0 Å². The lowest BCUT2D eigenvalue weighted by atomic mass is 9.92. The van der Waals surface area contributed by atoms with Crippen molar-refractivity contribution in [3.63, 3.8) is 0 Å². The monoisotopic (exact) mass is 244 g/mol. The minimum absolute atomic E-state index is 0.00820. The number of nitrogens with one attached hydrogen (secondary N) is 2. The Bertz CT molecular complexity index is 254. The van der Waals surface area contributed by atoms with Crippen LogP contribution < -0.4 is 10.6 Å². The molecule has 0 aromatic carbocycles. The number of carbonyl (C=O) groups is 2. The number of hydrogen-bond acceptors (Lipinski definition) is 3. The Morgan fingerprint density at radius 2 is 1.76 bits per heavy atom. The van der Waals surface area contributed by atoms with E-state index in [0.717, 1.165) is 0 Å². The molecule has 0 spiro atoms. The Morgan fingerprint density at radius 3 is 2.18 bits per heavy atom. The molecule has 0 aliphatic heterocycles. The highest BCUT2D eigenvalue weighted by atomic mass is 16.3. The number of amides is 2. The molecule has 5 nitrogen and oxygen atoms in total. The zero-order valence-electron chi connectivity index (χ0n) is 11.1. The summed E-state index contributed by atoms with van der Waals surface area (Å²) in [5, 5.41) is 13.8. The molecule has 2 unspecified atom stereocenters. The summed E-state index contributed by atoms with van der Waals surface area (Å²) < 4.78 is 0. The molecule has 2 atom stereocenters. The topological polar surface area (TPSA) is 78.4 Å². The largest absolute Gasteiger partial charge is 0.377 e. The molecule has 2 amide bonds. The molecule has 0 heterocycles. The van der Waals surface area contributed by atoms with Gasteiger partial charge in [0.05, 0.1) is 0 Å². The second-order valence-electron chi connectivity index (χ2n) is 4.60. The van der Waals surface area contributed by atoms with Gasteiger partial charge in [0.1, 0.15) is 6.73 Å². The first-order valence-electron chi connectivity index (χ1n) is 6.11. The molecule has 100 valence electrons. The smallest absolute Gasteiger partial charge is 0.224 e. The average Bonchev–Trinajstić information content (AvgIpc) is 2.24. The maximum absolute atomic E-state index is 11.8. The summed E-state index contributed by atoms with van der Waals surface area (Å²) in [6, 6.07) is 0.109. The molecule has 0 saturated carbocycles. The predicted octanol–water partition coefficient (Wildman–Crippen LogP) is 0.629. The first-order chi connectivity index (χ1) is 7.92. The third-order valence-corrected chi connectivity index (χ3v) is 2.63. The Hall–Kier alpha value is -1.10. The van der Waals surface area contributed by atoms with Crippen LogP contribution in [0.2, 0.25) is 0 Å². The molecule has 0 aliphatic carbocycles. The van der Waals surface area contributed by atoms with Gasteiger partial charge in [-0.2, -0.15) is 0 Å². The molecular formula is C12H24N2O3. The Kier molecular flexibility index (Phi) is 7.54. The second-order valence-corrected chi connectivity index (χ2v) is 4.60. The van der Waals surface area contributed by atoms with Gasteiger partial charge in [0.15, 0.2) is 0 Å². The normalized spacial score (nSPS) is 14.2. The summed E-state index contributed by atoms with van der Waals surface area (Å²) in [5.74, 6) is -0.656. The zero-order chi connectivity index (χ0) is 13.4. The fourth-order valence-electron chi connectivity index (χ4n) is 1.65. The molecule has 0 fully saturated rings. The van der Waals surface area contributed by atoms with Crippen LogP contribution in [0.15, 0.2) is 0 Å². The summed E-state index contributed by atoms with van der Waals surface area (Å²) >= 11 is 0. The van der Waals surface area contributed by atoms with Crippen molar-refractivity contribution in [1.29, 1.82) is 0 Å². The van der Waals surface area contributed by atoms with Crippen LogP contribution in [0, 0.1) is 11.8 Å². The van der Waals surface area contributed by atoms with E-state index in [-0.39, 0.29) is 36.4 Å². The summed E-state index contributed by atoms with van der Waals surface area (Å²) in [6.07, 6.45) is 1.20. The van der Waals surface area contributed by atoms with Crippen LogP contribution in [-0.2, 0) is 9.59 Å². The Labute approximate surface area is 103 Å². The van der Waals surface area contributed by atoms with Crippen LogP contribution in [-0.4, -0.2) is 29.7 Å². The molecular weight excluding hydrogens is 220 g/mol. The lowest BCUT2D eigenvalue weighted by Crippen LogP contribution is -2.38. The summed E-state index contributed by atoms with van der Waals surface area (Å²) in [5.41, 5.74) is 0. The molecule has 0 radical (unpaired) electrons.